The van der Waals surface area contributed by atoms with Gasteiger partial charge < -0.3 is 4.74 Å². The highest BCUT2D eigenvalue weighted by Crippen LogP contribution is 2.36. The van der Waals surface area contributed by atoms with E-state index in [4.69, 9.17) is 12.2 Å². The molecule has 7 heteroatoms. The predicted octanol–water partition coefficient (Wildman–Crippen LogP) is 4.64. The summed E-state index contributed by atoms with van der Waals surface area (Å²) in [6.45, 7) is 0. The van der Waals surface area contributed by atoms with Gasteiger partial charge in [-0.2, -0.15) is 0 Å². The standard InChI is InChI=1S/C18H12BrNO3S2/c1-23-17(22)12-5-7-14(8-6-12)20-16(21)15(25-18(20)24)10-11-3-2-4-13(19)9-11/h2-10H,1H3. The highest BCUT2D eigenvalue weighted by Gasteiger charge is 2.33. The number of anilines is 1. The van der Waals surface area contributed by atoms with Crippen molar-refractivity contribution >= 4 is 67.9 Å². The number of halogens is 1. The second-order valence-electron chi connectivity index (χ2n) is 5.11. The van der Waals surface area contributed by atoms with Crippen LogP contribution in [0.2, 0.25) is 0 Å². The molecule has 25 heavy (non-hydrogen) atoms. The van der Waals surface area contributed by atoms with Crippen LogP contribution in [0.3, 0.4) is 0 Å². The van der Waals surface area contributed by atoms with E-state index in [0.717, 1.165) is 10.0 Å². The number of carbonyl (C=O) groups excluding carboxylic acids is 2. The van der Waals surface area contributed by atoms with Crippen molar-refractivity contribution in [2.75, 3.05) is 12.0 Å². The molecule has 2 aromatic carbocycles. The Kier molecular flexibility index (Phi) is 5.36. The SMILES string of the molecule is COC(=O)c1ccc(N2C(=O)C(=Cc3cccc(Br)c3)SC2=S)cc1. The number of hydrogen-bond acceptors (Lipinski definition) is 5. The molecule has 1 amide bonds. The minimum atomic E-state index is -0.425. The number of nitrogens with zero attached hydrogens (tertiary/aromatic N) is 1. The van der Waals surface area contributed by atoms with Crippen LogP contribution in [0.15, 0.2) is 57.9 Å². The Hall–Kier alpha value is -1.96. The summed E-state index contributed by atoms with van der Waals surface area (Å²) in [5.41, 5.74) is 1.95. The molecule has 1 aliphatic heterocycles. The van der Waals surface area contributed by atoms with E-state index in [-0.39, 0.29) is 5.91 Å². The Bertz CT molecular complexity index is 893. The van der Waals surface area contributed by atoms with Gasteiger partial charge in [0.05, 0.1) is 23.3 Å². The van der Waals surface area contributed by atoms with Gasteiger partial charge in [0, 0.05) is 4.47 Å². The molecule has 0 spiro atoms. The summed E-state index contributed by atoms with van der Waals surface area (Å²) in [6.07, 6.45) is 1.81. The van der Waals surface area contributed by atoms with E-state index in [1.807, 2.05) is 30.3 Å². The van der Waals surface area contributed by atoms with Gasteiger partial charge in [0.2, 0.25) is 0 Å². The highest BCUT2D eigenvalue weighted by molar-refractivity contribution is 9.10. The van der Waals surface area contributed by atoms with Crippen LogP contribution >= 0.6 is 39.9 Å². The van der Waals surface area contributed by atoms with Gasteiger partial charge in [0.15, 0.2) is 4.32 Å². The average molecular weight is 434 g/mol. The summed E-state index contributed by atoms with van der Waals surface area (Å²) in [7, 11) is 1.32. The van der Waals surface area contributed by atoms with Crippen LogP contribution in [0.25, 0.3) is 6.08 Å². The van der Waals surface area contributed by atoms with Crippen molar-refractivity contribution in [3.8, 4) is 0 Å². The van der Waals surface area contributed by atoms with E-state index in [1.165, 1.54) is 23.8 Å². The summed E-state index contributed by atoms with van der Waals surface area (Å²) in [6, 6.07) is 14.3. The van der Waals surface area contributed by atoms with Crippen molar-refractivity contribution in [3.63, 3.8) is 0 Å². The Balaban J connectivity index is 1.87. The first-order valence-electron chi connectivity index (χ1n) is 7.21. The van der Waals surface area contributed by atoms with Crippen LogP contribution in [0, 0.1) is 0 Å². The predicted molar refractivity (Wildman–Crippen MR) is 108 cm³/mol. The van der Waals surface area contributed by atoms with E-state index in [0.29, 0.717) is 20.5 Å². The number of esters is 1. The zero-order valence-electron chi connectivity index (χ0n) is 13.1. The van der Waals surface area contributed by atoms with Gasteiger partial charge in [-0.3, -0.25) is 9.69 Å². The van der Waals surface area contributed by atoms with Gasteiger partial charge in [-0.15, -0.1) is 0 Å². The van der Waals surface area contributed by atoms with Crippen molar-refractivity contribution in [2.45, 2.75) is 0 Å². The van der Waals surface area contributed by atoms with Crippen molar-refractivity contribution in [1.29, 1.82) is 0 Å². The molecule has 1 saturated heterocycles. The quantitative estimate of drug-likeness (QED) is 0.400. The number of ether oxygens (including phenoxy) is 1. The van der Waals surface area contributed by atoms with Crippen LogP contribution in [-0.4, -0.2) is 23.3 Å². The molecule has 0 N–H and O–H groups in total. The summed E-state index contributed by atoms with van der Waals surface area (Å²) in [5, 5.41) is 0. The fraction of sp³-hybridized carbons (Fsp3) is 0.0556. The molecule has 4 nitrogen and oxygen atoms in total. The maximum absolute atomic E-state index is 12.7. The van der Waals surface area contributed by atoms with Gasteiger partial charge in [0.1, 0.15) is 0 Å². The molecule has 0 aromatic heterocycles. The molecule has 1 aliphatic rings. The maximum atomic E-state index is 12.7. The second-order valence-corrected chi connectivity index (χ2v) is 7.70. The number of thiocarbonyl (C=S) groups is 1. The van der Waals surface area contributed by atoms with E-state index in [2.05, 4.69) is 20.7 Å². The first-order valence-corrected chi connectivity index (χ1v) is 9.23. The van der Waals surface area contributed by atoms with Crippen molar-refractivity contribution < 1.29 is 14.3 Å². The zero-order valence-corrected chi connectivity index (χ0v) is 16.3. The molecule has 0 atom stereocenters. The smallest absolute Gasteiger partial charge is 0.337 e. The molecule has 3 rings (SSSR count). The van der Waals surface area contributed by atoms with Gasteiger partial charge in [0.25, 0.3) is 5.91 Å². The molecule has 1 fully saturated rings. The Morgan fingerprint density at radius 3 is 2.60 bits per heavy atom. The normalized spacial score (nSPS) is 15.8. The lowest BCUT2D eigenvalue weighted by Gasteiger charge is -2.14. The molecular formula is C18H12BrNO3S2. The lowest BCUT2D eigenvalue weighted by Crippen LogP contribution is -2.27. The van der Waals surface area contributed by atoms with Crippen molar-refractivity contribution in [3.05, 3.63) is 69.0 Å². The summed E-state index contributed by atoms with van der Waals surface area (Å²) in [4.78, 5) is 26.3. The third-order valence-corrected chi connectivity index (χ3v) is 5.28. The zero-order chi connectivity index (χ0) is 18.0. The summed E-state index contributed by atoms with van der Waals surface area (Å²) < 4.78 is 6.07. The third kappa shape index (κ3) is 3.84. The van der Waals surface area contributed by atoms with Gasteiger partial charge in [-0.25, -0.2) is 4.79 Å². The number of amides is 1. The Morgan fingerprint density at radius 1 is 1.24 bits per heavy atom. The fourth-order valence-electron chi connectivity index (χ4n) is 2.30. The number of rotatable bonds is 3. The van der Waals surface area contributed by atoms with Crippen LogP contribution in [-0.2, 0) is 9.53 Å². The third-order valence-electron chi connectivity index (χ3n) is 3.49. The molecule has 0 radical (unpaired) electrons. The molecule has 0 aliphatic carbocycles. The molecule has 2 aromatic rings. The Labute approximate surface area is 163 Å². The minimum absolute atomic E-state index is 0.180. The molecular weight excluding hydrogens is 422 g/mol. The number of carbonyl (C=O) groups is 2. The van der Waals surface area contributed by atoms with Crippen LogP contribution < -0.4 is 4.90 Å². The van der Waals surface area contributed by atoms with Crippen LogP contribution in [0.1, 0.15) is 15.9 Å². The van der Waals surface area contributed by atoms with E-state index >= 15 is 0 Å². The van der Waals surface area contributed by atoms with Gasteiger partial charge in [-0.05, 0) is 48.0 Å². The summed E-state index contributed by atoms with van der Waals surface area (Å²) in [5.74, 6) is -0.604. The molecule has 126 valence electrons. The molecule has 0 saturated carbocycles. The summed E-state index contributed by atoms with van der Waals surface area (Å²) >= 11 is 10.0. The van der Waals surface area contributed by atoms with Crippen molar-refractivity contribution in [1.82, 2.24) is 0 Å². The van der Waals surface area contributed by atoms with E-state index in [9.17, 15) is 9.59 Å². The lowest BCUT2D eigenvalue weighted by molar-refractivity contribution is -0.113. The topological polar surface area (TPSA) is 46.6 Å². The Morgan fingerprint density at radius 2 is 1.96 bits per heavy atom. The first-order chi connectivity index (χ1) is 12.0. The number of thioether (sulfide) groups is 1. The minimum Gasteiger partial charge on any atom is -0.465 e. The lowest BCUT2D eigenvalue weighted by atomic mass is 10.2. The maximum Gasteiger partial charge on any atom is 0.337 e. The number of benzene rings is 2. The highest BCUT2D eigenvalue weighted by atomic mass is 79.9. The number of hydrogen-bond donors (Lipinski definition) is 0. The second kappa shape index (κ2) is 7.51. The monoisotopic (exact) mass is 433 g/mol. The largest absolute Gasteiger partial charge is 0.465 e. The van der Waals surface area contributed by atoms with E-state index < -0.39 is 5.97 Å². The van der Waals surface area contributed by atoms with Crippen LogP contribution in [0.4, 0.5) is 5.69 Å². The first kappa shape index (κ1) is 17.8. The van der Waals surface area contributed by atoms with E-state index in [1.54, 1.807) is 24.3 Å². The van der Waals surface area contributed by atoms with Crippen LogP contribution in [0.5, 0.6) is 0 Å². The van der Waals surface area contributed by atoms with Crippen molar-refractivity contribution in [2.24, 2.45) is 0 Å². The number of methoxy groups -OCH3 is 1. The van der Waals surface area contributed by atoms with Gasteiger partial charge >= 0.3 is 5.97 Å². The molecule has 0 bridgehead atoms. The molecule has 0 unspecified atom stereocenters. The fourth-order valence-corrected chi connectivity index (χ4v) is 4.02. The van der Waals surface area contributed by atoms with Gasteiger partial charge in [-0.1, -0.05) is 52.0 Å². The average Bonchev–Trinajstić information content (AvgIpc) is 2.88. The molecule has 1 heterocycles.